The van der Waals surface area contributed by atoms with Crippen LogP contribution in [0.3, 0.4) is 0 Å². The minimum absolute atomic E-state index is 0.251. The Morgan fingerprint density at radius 3 is 2.78 bits per heavy atom. The Morgan fingerprint density at radius 2 is 2.11 bits per heavy atom. The number of hydrogen-bond acceptors (Lipinski definition) is 5. The maximum Gasteiger partial charge on any atom is 0.269 e. The van der Waals surface area contributed by atoms with Crippen molar-refractivity contribution < 1.29 is 14.8 Å². The van der Waals surface area contributed by atoms with Gasteiger partial charge in [-0.3, -0.25) is 14.6 Å². The van der Waals surface area contributed by atoms with Gasteiger partial charge in [-0.2, -0.15) is 0 Å². The normalized spacial score (nSPS) is 10.2. The first kappa shape index (κ1) is 13.6. The van der Waals surface area contributed by atoms with Crippen LogP contribution >= 0.6 is 0 Å². The summed E-state index contributed by atoms with van der Waals surface area (Å²) in [5, 5.41) is 15.8. The van der Waals surface area contributed by atoms with Gasteiger partial charge in [0, 0.05) is 19.3 Å². The Balaban J connectivity index is 2.15. The van der Waals surface area contributed by atoms with E-state index in [0.717, 1.165) is 6.21 Å². The molecular formula is C11H14N4O3. The van der Waals surface area contributed by atoms with Crippen molar-refractivity contribution in [2.24, 2.45) is 5.16 Å². The van der Waals surface area contributed by atoms with Gasteiger partial charge in [-0.1, -0.05) is 11.2 Å². The van der Waals surface area contributed by atoms with Gasteiger partial charge in [0.25, 0.3) is 11.8 Å². The summed E-state index contributed by atoms with van der Waals surface area (Å²) in [6.07, 6.45) is 2.89. The van der Waals surface area contributed by atoms with Gasteiger partial charge in [-0.05, 0) is 18.6 Å². The van der Waals surface area contributed by atoms with Gasteiger partial charge in [0.05, 0.1) is 0 Å². The van der Waals surface area contributed by atoms with Gasteiger partial charge in [0.2, 0.25) is 0 Å². The van der Waals surface area contributed by atoms with Crippen molar-refractivity contribution >= 4 is 18.0 Å². The number of oxime groups is 1. The summed E-state index contributed by atoms with van der Waals surface area (Å²) in [6, 6.07) is 5.08. The summed E-state index contributed by atoms with van der Waals surface area (Å²) in [5.74, 6) is -0.729. The lowest BCUT2D eigenvalue weighted by atomic mass is 10.3. The Morgan fingerprint density at radius 1 is 1.33 bits per heavy atom. The van der Waals surface area contributed by atoms with Crippen LogP contribution in [0.2, 0.25) is 0 Å². The zero-order chi connectivity index (χ0) is 13.2. The largest absolute Gasteiger partial charge is 0.411 e. The average Bonchev–Trinajstić information content (AvgIpc) is 2.39. The Kier molecular flexibility index (Phi) is 5.88. The number of rotatable bonds is 6. The van der Waals surface area contributed by atoms with Crippen LogP contribution in [0.1, 0.15) is 16.9 Å². The molecule has 0 fully saturated rings. The number of amides is 2. The molecule has 7 nitrogen and oxygen atoms in total. The van der Waals surface area contributed by atoms with E-state index < -0.39 is 5.91 Å². The number of hydrogen-bond donors (Lipinski definition) is 3. The molecule has 0 saturated carbocycles. The first-order chi connectivity index (χ1) is 8.74. The summed E-state index contributed by atoms with van der Waals surface area (Å²) in [6.45, 7) is 0.805. The number of nitrogens with one attached hydrogen (secondary N) is 2. The Hall–Kier alpha value is -2.44. The van der Waals surface area contributed by atoms with Gasteiger partial charge >= 0.3 is 0 Å². The molecule has 0 bridgehead atoms. The Labute approximate surface area is 104 Å². The number of nitrogens with zero attached hydrogens (tertiary/aromatic N) is 2. The molecule has 0 aliphatic carbocycles. The molecule has 1 heterocycles. The molecule has 2 amide bonds. The zero-order valence-corrected chi connectivity index (χ0v) is 9.67. The summed E-state index contributed by atoms with van der Waals surface area (Å²) in [5.41, 5.74) is 0.356. The molecule has 0 radical (unpaired) electrons. The molecule has 1 rings (SSSR count). The maximum absolute atomic E-state index is 11.5. The van der Waals surface area contributed by atoms with Crippen LogP contribution in [-0.2, 0) is 4.79 Å². The quantitative estimate of drug-likeness (QED) is 0.281. The van der Waals surface area contributed by atoms with E-state index in [0.29, 0.717) is 25.2 Å². The number of aromatic nitrogens is 1. The highest BCUT2D eigenvalue weighted by Crippen LogP contribution is 1.92. The second kappa shape index (κ2) is 7.77. The predicted molar refractivity (Wildman–Crippen MR) is 64.5 cm³/mol. The van der Waals surface area contributed by atoms with Crippen LogP contribution in [-0.4, -0.2) is 41.3 Å². The number of carbonyl (C=O) groups is 2. The lowest BCUT2D eigenvalue weighted by Gasteiger charge is -2.04. The molecule has 0 aliphatic rings. The van der Waals surface area contributed by atoms with Crippen LogP contribution in [0.25, 0.3) is 0 Å². The minimum atomic E-state index is -0.478. The molecule has 0 aliphatic heterocycles. The summed E-state index contributed by atoms with van der Waals surface area (Å²) >= 11 is 0. The van der Waals surface area contributed by atoms with Crippen molar-refractivity contribution in [3.05, 3.63) is 30.1 Å². The first-order valence-electron chi connectivity index (χ1n) is 5.38. The molecular weight excluding hydrogens is 236 g/mol. The SMILES string of the molecule is O=C(/C=N\O)NCCCNC(=O)c1ccccn1. The second-order valence-corrected chi connectivity index (χ2v) is 3.36. The lowest BCUT2D eigenvalue weighted by molar-refractivity contribution is -0.114. The molecule has 3 N–H and O–H groups in total. The lowest BCUT2D eigenvalue weighted by Crippen LogP contribution is -2.30. The molecule has 96 valence electrons. The fraction of sp³-hybridized carbons (Fsp3) is 0.273. The van der Waals surface area contributed by atoms with Crippen molar-refractivity contribution in [1.82, 2.24) is 15.6 Å². The van der Waals surface area contributed by atoms with E-state index in [1.165, 1.54) is 0 Å². The summed E-state index contributed by atoms with van der Waals surface area (Å²) in [4.78, 5) is 26.3. The smallest absolute Gasteiger partial charge is 0.269 e. The summed E-state index contributed by atoms with van der Waals surface area (Å²) < 4.78 is 0. The van der Waals surface area contributed by atoms with E-state index in [2.05, 4.69) is 20.8 Å². The van der Waals surface area contributed by atoms with E-state index in [1.807, 2.05) is 0 Å². The number of carbonyl (C=O) groups excluding carboxylic acids is 2. The topological polar surface area (TPSA) is 104 Å². The van der Waals surface area contributed by atoms with Crippen molar-refractivity contribution in [3.8, 4) is 0 Å². The van der Waals surface area contributed by atoms with Crippen LogP contribution < -0.4 is 10.6 Å². The molecule has 0 spiro atoms. The Bertz CT molecular complexity index is 420. The van der Waals surface area contributed by atoms with Crippen LogP contribution in [0.15, 0.2) is 29.6 Å². The van der Waals surface area contributed by atoms with Gasteiger partial charge in [-0.25, -0.2) is 0 Å². The monoisotopic (exact) mass is 250 g/mol. The predicted octanol–water partition coefficient (Wildman–Crippen LogP) is -0.222. The highest BCUT2D eigenvalue weighted by Gasteiger charge is 2.04. The zero-order valence-electron chi connectivity index (χ0n) is 9.67. The number of pyridine rings is 1. The highest BCUT2D eigenvalue weighted by atomic mass is 16.4. The first-order valence-corrected chi connectivity index (χ1v) is 5.38. The van der Waals surface area contributed by atoms with E-state index in [9.17, 15) is 9.59 Å². The molecule has 1 aromatic heterocycles. The molecule has 18 heavy (non-hydrogen) atoms. The van der Waals surface area contributed by atoms with Gasteiger partial charge < -0.3 is 15.8 Å². The minimum Gasteiger partial charge on any atom is -0.411 e. The third kappa shape index (κ3) is 5.06. The highest BCUT2D eigenvalue weighted by molar-refractivity contribution is 6.25. The summed E-state index contributed by atoms with van der Waals surface area (Å²) in [7, 11) is 0. The van der Waals surface area contributed by atoms with E-state index in [-0.39, 0.29) is 5.91 Å². The average molecular weight is 250 g/mol. The van der Waals surface area contributed by atoms with E-state index >= 15 is 0 Å². The third-order valence-corrected chi connectivity index (χ3v) is 2.01. The molecule has 1 aromatic rings. The van der Waals surface area contributed by atoms with Crippen LogP contribution in [0.5, 0.6) is 0 Å². The van der Waals surface area contributed by atoms with Crippen molar-refractivity contribution in [1.29, 1.82) is 0 Å². The van der Waals surface area contributed by atoms with Crippen molar-refractivity contribution in [3.63, 3.8) is 0 Å². The molecule has 0 saturated heterocycles. The second-order valence-electron chi connectivity index (χ2n) is 3.36. The molecule has 7 heteroatoms. The fourth-order valence-electron chi connectivity index (χ4n) is 1.19. The van der Waals surface area contributed by atoms with Crippen molar-refractivity contribution in [2.75, 3.05) is 13.1 Å². The van der Waals surface area contributed by atoms with Crippen LogP contribution in [0, 0.1) is 0 Å². The van der Waals surface area contributed by atoms with E-state index in [4.69, 9.17) is 5.21 Å². The third-order valence-electron chi connectivity index (χ3n) is 2.01. The molecule has 0 unspecified atom stereocenters. The standard InChI is InChI=1S/C11H14N4O3/c16-10(8-15-18)13-6-3-7-14-11(17)9-4-1-2-5-12-9/h1-2,4-5,8,18H,3,6-7H2,(H,13,16)(H,14,17)/b15-8-. The fourth-order valence-corrected chi connectivity index (χ4v) is 1.19. The van der Waals surface area contributed by atoms with Gasteiger partial charge in [-0.15, -0.1) is 0 Å². The van der Waals surface area contributed by atoms with Gasteiger partial charge in [0.15, 0.2) is 0 Å². The molecule has 0 atom stereocenters. The molecule has 0 aromatic carbocycles. The van der Waals surface area contributed by atoms with Crippen LogP contribution in [0.4, 0.5) is 0 Å². The van der Waals surface area contributed by atoms with Crippen molar-refractivity contribution in [2.45, 2.75) is 6.42 Å². The van der Waals surface area contributed by atoms with Gasteiger partial charge in [0.1, 0.15) is 11.9 Å². The van der Waals surface area contributed by atoms with E-state index in [1.54, 1.807) is 24.4 Å². The maximum atomic E-state index is 11.5.